The van der Waals surface area contributed by atoms with Crippen molar-refractivity contribution < 1.29 is 0 Å². The summed E-state index contributed by atoms with van der Waals surface area (Å²) in [7, 11) is 0. The Morgan fingerprint density at radius 3 is 2.25 bits per heavy atom. The zero-order valence-corrected chi connectivity index (χ0v) is 8.83. The lowest BCUT2D eigenvalue weighted by Gasteiger charge is -1.96. The minimum atomic E-state index is 0.597. The Hall–Kier alpha value is -0.790. The molecular weight excluding hydrogens is 148 g/mol. The van der Waals surface area contributed by atoms with Crippen molar-refractivity contribution in [1.29, 1.82) is 0 Å². The molecular formula is C10H20N2. The van der Waals surface area contributed by atoms with Gasteiger partial charge in [0.05, 0.1) is 6.20 Å². The summed E-state index contributed by atoms with van der Waals surface area (Å²) in [6.45, 7) is 11.4. The third-order valence-corrected chi connectivity index (χ3v) is 1.64. The van der Waals surface area contributed by atoms with E-state index in [1.807, 2.05) is 24.7 Å². The first kappa shape index (κ1) is 11.2. The Morgan fingerprint density at radius 2 is 2.00 bits per heavy atom. The highest BCUT2D eigenvalue weighted by molar-refractivity contribution is 5.08. The molecule has 1 aromatic heterocycles. The summed E-state index contributed by atoms with van der Waals surface area (Å²) in [5.74, 6) is 0.597. The van der Waals surface area contributed by atoms with Gasteiger partial charge in [0, 0.05) is 12.7 Å². The molecule has 0 fully saturated rings. The smallest absolute Gasteiger partial charge is 0.0524 e. The van der Waals surface area contributed by atoms with Crippen LogP contribution in [0.1, 0.15) is 46.1 Å². The van der Waals surface area contributed by atoms with Gasteiger partial charge in [-0.05, 0) is 18.4 Å². The van der Waals surface area contributed by atoms with Gasteiger partial charge in [-0.1, -0.05) is 27.7 Å². The summed E-state index contributed by atoms with van der Waals surface area (Å²) >= 11 is 0. The largest absolute Gasteiger partial charge is 0.273 e. The van der Waals surface area contributed by atoms with Crippen LogP contribution in [-0.2, 0) is 6.54 Å². The lowest BCUT2D eigenvalue weighted by Crippen LogP contribution is -1.92. The molecule has 12 heavy (non-hydrogen) atoms. The second-order valence-corrected chi connectivity index (χ2v) is 2.78. The van der Waals surface area contributed by atoms with Crippen molar-refractivity contribution >= 4 is 0 Å². The second kappa shape index (κ2) is 5.81. The maximum atomic E-state index is 4.17. The molecule has 0 saturated heterocycles. The fourth-order valence-corrected chi connectivity index (χ4v) is 0.851. The standard InChI is InChI=1S/C8H14N2.C2H6/c1-4-10-6-8(5-9-10)7(2)3;1-2/h5-7H,4H2,1-3H3;1-2H3. The quantitative estimate of drug-likeness (QED) is 0.663. The van der Waals surface area contributed by atoms with Crippen LogP contribution in [-0.4, -0.2) is 9.78 Å². The average Bonchev–Trinajstić information content (AvgIpc) is 2.55. The third-order valence-electron chi connectivity index (χ3n) is 1.64. The summed E-state index contributed by atoms with van der Waals surface area (Å²) in [5.41, 5.74) is 1.32. The van der Waals surface area contributed by atoms with Crippen molar-refractivity contribution in [2.45, 2.75) is 47.1 Å². The first-order valence-corrected chi connectivity index (χ1v) is 4.76. The van der Waals surface area contributed by atoms with Crippen LogP contribution in [0.5, 0.6) is 0 Å². The van der Waals surface area contributed by atoms with Crippen LogP contribution in [0.4, 0.5) is 0 Å². The Kier molecular flexibility index (Phi) is 5.43. The molecule has 2 nitrogen and oxygen atoms in total. The zero-order chi connectivity index (χ0) is 9.56. The van der Waals surface area contributed by atoms with Gasteiger partial charge < -0.3 is 0 Å². The van der Waals surface area contributed by atoms with Crippen molar-refractivity contribution in [1.82, 2.24) is 9.78 Å². The normalized spacial score (nSPS) is 9.50. The summed E-state index contributed by atoms with van der Waals surface area (Å²) in [6.07, 6.45) is 4.04. The van der Waals surface area contributed by atoms with Crippen LogP contribution in [0.15, 0.2) is 12.4 Å². The van der Waals surface area contributed by atoms with Crippen LogP contribution < -0.4 is 0 Å². The van der Waals surface area contributed by atoms with E-state index in [-0.39, 0.29) is 0 Å². The molecule has 1 aromatic rings. The maximum Gasteiger partial charge on any atom is 0.0524 e. The van der Waals surface area contributed by atoms with Gasteiger partial charge >= 0.3 is 0 Å². The molecule has 0 aliphatic heterocycles. The molecule has 1 rings (SSSR count). The number of rotatable bonds is 2. The summed E-state index contributed by atoms with van der Waals surface area (Å²) in [4.78, 5) is 0. The monoisotopic (exact) mass is 168 g/mol. The number of aryl methyl sites for hydroxylation is 1. The average molecular weight is 168 g/mol. The van der Waals surface area contributed by atoms with Gasteiger partial charge in [0.2, 0.25) is 0 Å². The highest BCUT2D eigenvalue weighted by atomic mass is 15.3. The third kappa shape index (κ3) is 3.07. The molecule has 1 heterocycles. The molecule has 0 aliphatic rings. The van der Waals surface area contributed by atoms with E-state index in [0.717, 1.165) is 6.54 Å². The van der Waals surface area contributed by atoms with E-state index >= 15 is 0 Å². The van der Waals surface area contributed by atoms with E-state index in [2.05, 4.69) is 32.1 Å². The first-order valence-electron chi connectivity index (χ1n) is 4.76. The lowest BCUT2D eigenvalue weighted by atomic mass is 10.1. The van der Waals surface area contributed by atoms with Gasteiger partial charge in [0.1, 0.15) is 0 Å². The van der Waals surface area contributed by atoms with Crippen molar-refractivity contribution in [3.8, 4) is 0 Å². The van der Waals surface area contributed by atoms with Crippen LogP contribution in [0.3, 0.4) is 0 Å². The Morgan fingerprint density at radius 1 is 1.42 bits per heavy atom. The predicted octanol–water partition coefficient (Wildman–Crippen LogP) is 3.05. The lowest BCUT2D eigenvalue weighted by molar-refractivity contribution is 0.658. The van der Waals surface area contributed by atoms with E-state index in [1.165, 1.54) is 5.56 Å². The SMILES string of the molecule is CC.CCn1cc(C(C)C)cn1. The Labute approximate surface area is 75.6 Å². The van der Waals surface area contributed by atoms with Gasteiger partial charge in [0.15, 0.2) is 0 Å². The first-order chi connectivity index (χ1) is 5.74. The Bertz CT molecular complexity index is 201. The second-order valence-electron chi connectivity index (χ2n) is 2.78. The molecule has 0 atom stereocenters. The van der Waals surface area contributed by atoms with Gasteiger partial charge in [-0.15, -0.1) is 0 Å². The summed E-state index contributed by atoms with van der Waals surface area (Å²) < 4.78 is 1.95. The molecule has 0 saturated carbocycles. The molecule has 0 aromatic carbocycles. The zero-order valence-electron chi connectivity index (χ0n) is 8.83. The Balaban J connectivity index is 0.000000561. The van der Waals surface area contributed by atoms with Crippen molar-refractivity contribution in [3.05, 3.63) is 18.0 Å². The van der Waals surface area contributed by atoms with Gasteiger partial charge in [-0.3, -0.25) is 4.68 Å². The van der Waals surface area contributed by atoms with E-state index in [4.69, 9.17) is 0 Å². The van der Waals surface area contributed by atoms with Crippen molar-refractivity contribution in [3.63, 3.8) is 0 Å². The molecule has 70 valence electrons. The van der Waals surface area contributed by atoms with Crippen molar-refractivity contribution in [2.75, 3.05) is 0 Å². The van der Waals surface area contributed by atoms with Gasteiger partial charge in [0.25, 0.3) is 0 Å². The van der Waals surface area contributed by atoms with E-state index < -0.39 is 0 Å². The van der Waals surface area contributed by atoms with Crippen LogP contribution in [0.25, 0.3) is 0 Å². The molecule has 0 spiro atoms. The fourth-order valence-electron chi connectivity index (χ4n) is 0.851. The molecule has 0 amide bonds. The number of nitrogens with zero attached hydrogens (tertiary/aromatic N) is 2. The van der Waals surface area contributed by atoms with E-state index in [9.17, 15) is 0 Å². The fraction of sp³-hybridized carbons (Fsp3) is 0.700. The molecule has 0 N–H and O–H groups in total. The molecule has 0 aliphatic carbocycles. The van der Waals surface area contributed by atoms with Gasteiger partial charge in [-0.2, -0.15) is 5.10 Å². The van der Waals surface area contributed by atoms with E-state index in [0.29, 0.717) is 5.92 Å². The van der Waals surface area contributed by atoms with Crippen LogP contribution >= 0.6 is 0 Å². The minimum absolute atomic E-state index is 0.597. The summed E-state index contributed by atoms with van der Waals surface area (Å²) in [5, 5.41) is 4.17. The molecule has 2 heteroatoms. The van der Waals surface area contributed by atoms with Crippen LogP contribution in [0.2, 0.25) is 0 Å². The number of hydrogen-bond donors (Lipinski definition) is 0. The van der Waals surface area contributed by atoms with Crippen molar-refractivity contribution in [2.24, 2.45) is 0 Å². The highest BCUT2D eigenvalue weighted by Crippen LogP contribution is 2.11. The minimum Gasteiger partial charge on any atom is -0.273 e. The number of hydrogen-bond acceptors (Lipinski definition) is 1. The summed E-state index contributed by atoms with van der Waals surface area (Å²) in [6, 6.07) is 0. The van der Waals surface area contributed by atoms with Crippen LogP contribution in [0, 0.1) is 0 Å². The molecule has 0 bridgehead atoms. The van der Waals surface area contributed by atoms with Gasteiger partial charge in [-0.25, -0.2) is 0 Å². The highest BCUT2D eigenvalue weighted by Gasteiger charge is 2.00. The molecule has 0 unspecified atom stereocenters. The van der Waals surface area contributed by atoms with E-state index in [1.54, 1.807) is 0 Å². The maximum absolute atomic E-state index is 4.17. The predicted molar refractivity (Wildman–Crippen MR) is 53.3 cm³/mol. The topological polar surface area (TPSA) is 17.8 Å². The molecule has 0 radical (unpaired) electrons. The number of aromatic nitrogens is 2.